The monoisotopic (exact) mass is 552 g/mol. The van der Waals surface area contributed by atoms with Crippen LogP contribution >= 0.6 is 22.9 Å². The average molecular weight is 553 g/mol. The third-order valence-corrected chi connectivity index (χ3v) is 9.20. The number of halogens is 1. The Morgan fingerprint density at radius 3 is 2.70 bits per heavy atom. The number of Topliss-reactive ketones (excluding diaryl/α,β-unsaturated/α-hetero) is 1. The highest BCUT2D eigenvalue weighted by molar-refractivity contribution is 7.09. The van der Waals surface area contributed by atoms with E-state index in [-0.39, 0.29) is 36.2 Å². The van der Waals surface area contributed by atoms with E-state index in [0.717, 1.165) is 22.7 Å². The van der Waals surface area contributed by atoms with Gasteiger partial charge in [0.05, 0.1) is 40.8 Å². The van der Waals surface area contributed by atoms with Crippen molar-refractivity contribution in [2.45, 2.75) is 103 Å². The molecule has 3 N–H and O–H groups in total. The van der Waals surface area contributed by atoms with Gasteiger partial charge in [-0.15, -0.1) is 17.9 Å². The number of nitrogens with zero attached hydrogens (tertiary/aromatic N) is 1. The van der Waals surface area contributed by atoms with Crippen molar-refractivity contribution in [1.29, 1.82) is 0 Å². The molecule has 1 aromatic heterocycles. The number of carbonyl (C=O) groups excluding carboxylic acids is 2. The lowest BCUT2D eigenvalue weighted by Gasteiger charge is -2.36. The van der Waals surface area contributed by atoms with E-state index >= 15 is 0 Å². The fourth-order valence-electron chi connectivity index (χ4n) is 5.14. The maximum absolute atomic E-state index is 13.6. The van der Waals surface area contributed by atoms with Gasteiger partial charge in [-0.05, 0) is 57.1 Å². The van der Waals surface area contributed by atoms with Crippen molar-refractivity contribution in [2.75, 3.05) is 0 Å². The van der Waals surface area contributed by atoms with Gasteiger partial charge >= 0.3 is 0 Å². The minimum atomic E-state index is -1.23. The fraction of sp³-hybridized carbons (Fsp3) is 0.679. The minimum Gasteiger partial charge on any atom is -0.392 e. The Labute approximate surface area is 229 Å². The Bertz CT molecular complexity index is 1020. The number of hydrogen-bond acceptors (Lipinski definition) is 7. The molecule has 0 aromatic carbocycles. The van der Waals surface area contributed by atoms with Crippen molar-refractivity contribution in [1.82, 2.24) is 10.3 Å². The number of fused-ring (bicyclic) bond motifs is 1. The molecule has 2 aliphatic rings. The summed E-state index contributed by atoms with van der Waals surface area (Å²) in [4.78, 5) is 31.2. The van der Waals surface area contributed by atoms with Crippen LogP contribution < -0.4 is 5.32 Å². The number of carbonyl (C=O) groups is 2. The Hall–Kier alpha value is -1.58. The minimum absolute atomic E-state index is 0.157. The van der Waals surface area contributed by atoms with Crippen LogP contribution in [-0.4, -0.2) is 56.3 Å². The van der Waals surface area contributed by atoms with Crippen molar-refractivity contribution in [3.63, 3.8) is 0 Å². The summed E-state index contributed by atoms with van der Waals surface area (Å²) in [6.45, 7) is 12.8. The average Bonchev–Trinajstić information content (AvgIpc) is 3.27. The molecule has 1 aromatic rings. The van der Waals surface area contributed by atoms with Crippen LogP contribution in [0, 0.1) is 24.2 Å². The molecule has 7 atom stereocenters. The molecule has 7 nitrogen and oxygen atoms in total. The molecule has 2 fully saturated rings. The number of aliphatic hydroxyl groups is 2. The molecule has 0 spiro atoms. The number of ether oxygens (including phenoxy) is 1. The van der Waals surface area contributed by atoms with Crippen molar-refractivity contribution >= 4 is 40.7 Å². The molecule has 0 aliphatic carbocycles. The molecular weight excluding hydrogens is 512 g/mol. The summed E-state index contributed by atoms with van der Waals surface area (Å²) in [6.07, 6.45) is 3.75. The predicted molar refractivity (Wildman–Crippen MR) is 147 cm³/mol. The molecule has 0 unspecified atom stereocenters. The molecule has 3 heterocycles. The largest absolute Gasteiger partial charge is 0.392 e. The lowest BCUT2D eigenvalue weighted by Crippen LogP contribution is -2.48. The highest BCUT2D eigenvalue weighted by Gasteiger charge is 2.55. The van der Waals surface area contributed by atoms with E-state index in [1.165, 1.54) is 0 Å². The fourth-order valence-corrected chi connectivity index (χ4v) is 6.04. The van der Waals surface area contributed by atoms with Gasteiger partial charge in [0.25, 0.3) is 0 Å². The number of hydrogen-bond donors (Lipinski definition) is 3. The van der Waals surface area contributed by atoms with Gasteiger partial charge in [0.1, 0.15) is 11.9 Å². The smallest absolute Gasteiger partial charge is 0.223 e. The first kappa shape index (κ1) is 30.0. The molecular formula is C28H41ClN2O5S. The lowest BCUT2D eigenvalue weighted by molar-refractivity contribution is -0.143. The van der Waals surface area contributed by atoms with Crippen LogP contribution in [0.1, 0.15) is 76.9 Å². The summed E-state index contributed by atoms with van der Waals surface area (Å²) in [5.41, 5.74) is 0.497. The first-order valence-electron chi connectivity index (χ1n) is 13.1. The molecule has 3 rings (SSSR count). The number of alkyl halides is 1. The van der Waals surface area contributed by atoms with Gasteiger partial charge in [-0.1, -0.05) is 38.4 Å². The van der Waals surface area contributed by atoms with Crippen LogP contribution in [0.5, 0.6) is 0 Å². The second-order valence-electron chi connectivity index (χ2n) is 11.2. The first-order chi connectivity index (χ1) is 17.3. The van der Waals surface area contributed by atoms with E-state index in [4.69, 9.17) is 16.3 Å². The summed E-state index contributed by atoms with van der Waals surface area (Å²) in [5, 5.41) is 27.2. The number of allylic oxidation sites excluding steroid dienone is 1. The molecule has 2 aliphatic heterocycles. The van der Waals surface area contributed by atoms with Gasteiger partial charge in [-0.25, -0.2) is 4.98 Å². The van der Waals surface area contributed by atoms with Gasteiger partial charge < -0.3 is 20.3 Å². The molecule has 0 saturated carbocycles. The molecule has 2 saturated heterocycles. The third kappa shape index (κ3) is 7.30. The maximum atomic E-state index is 13.6. The molecule has 9 heteroatoms. The second kappa shape index (κ2) is 12.1. The number of aliphatic hydroxyl groups excluding tert-OH is 2. The van der Waals surface area contributed by atoms with Gasteiger partial charge in [0.2, 0.25) is 5.91 Å². The van der Waals surface area contributed by atoms with Gasteiger partial charge in [0.15, 0.2) is 5.06 Å². The topological polar surface area (TPSA) is 112 Å². The van der Waals surface area contributed by atoms with E-state index in [2.05, 4.69) is 16.9 Å². The van der Waals surface area contributed by atoms with Crippen LogP contribution in [0.15, 0.2) is 23.6 Å². The van der Waals surface area contributed by atoms with Crippen LogP contribution in [0.3, 0.4) is 0 Å². The van der Waals surface area contributed by atoms with Crippen molar-refractivity contribution in [3.05, 3.63) is 34.3 Å². The summed E-state index contributed by atoms with van der Waals surface area (Å²) in [7, 11) is 0. The zero-order chi connectivity index (χ0) is 27.5. The van der Waals surface area contributed by atoms with E-state index in [1.54, 1.807) is 31.3 Å². The first-order valence-corrected chi connectivity index (χ1v) is 14.3. The second-order valence-corrected chi connectivity index (χ2v) is 12.9. The van der Waals surface area contributed by atoms with E-state index < -0.39 is 28.6 Å². The zero-order valence-electron chi connectivity index (χ0n) is 22.5. The summed E-state index contributed by atoms with van der Waals surface area (Å²) in [5.74, 6) is -1.52. The molecule has 206 valence electrons. The highest BCUT2D eigenvalue weighted by atomic mass is 35.5. The molecule has 1 amide bonds. The van der Waals surface area contributed by atoms with Crippen LogP contribution in [0.2, 0.25) is 0 Å². The maximum Gasteiger partial charge on any atom is 0.223 e. The SMILES string of the molecule is C=CC[C@H]1C(=O)C(C)(C)[C@@H](O)CC(=O)N[C@H](C(C)=Cc2csc(C)n2)C[C@@H]2O[C@]2(Cl)CCC[C@H](C)[C@@H]1O. The van der Waals surface area contributed by atoms with Gasteiger partial charge in [0, 0.05) is 17.7 Å². The lowest BCUT2D eigenvalue weighted by atomic mass is 9.71. The molecule has 0 radical (unpaired) electrons. The van der Waals surface area contributed by atoms with Crippen molar-refractivity contribution < 1.29 is 24.5 Å². The number of ketones is 1. The summed E-state index contributed by atoms with van der Waals surface area (Å²) >= 11 is 8.31. The number of epoxide rings is 1. The number of amides is 1. The summed E-state index contributed by atoms with van der Waals surface area (Å²) in [6, 6.07) is -0.367. The number of nitrogens with one attached hydrogen (secondary N) is 1. The Balaban J connectivity index is 1.88. The standard InChI is InChI=1S/C28H41ClN2O5S/c1-7-9-20-25(34)16(2)10-8-11-28(29)23(36-28)13-21(17(3)12-19-15-37-18(4)30-19)31-24(33)14-22(32)27(5,6)26(20)35/h7,12,15-16,20-23,25,32,34H,1,8-11,13-14H2,2-6H3,(H,31,33)/t16-,20+,21-,22-,23-,25-,28+/m0/s1. The zero-order valence-corrected chi connectivity index (χ0v) is 24.1. The van der Waals surface area contributed by atoms with E-state index in [0.29, 0.717) is 25.7 Å². The third-order valence-electron chi connectivity index (χ3n) is 7.89. The Morgan fingerprint density at radius 2 is 2.08 bits per heavy atom. The Kier molecular flexibility index (Phi) is 9.78. The van der Waals surface area contributed by atoms with Gasteiger partial charge in [-0.3, -0.25) is 9.59 Å². The summed E-state index contributed by atoms with van der Waals surface area (Å²) < 4.78 is 5.89. The van der Waals surface area contributed by atoms with Crippen LogP contribution in [0.25, 0.3) is 6.08 Å². The molecule has 37 heavy (non-hydrogen) atoms. The Morgan fingerprint density at radius 1 is 1.38 bits per heavy atom. The van der Waals surface area contributed by atoms with Crippen molar-refractivity contribution in [3.8, 4) is 0 Å². The van der Waals surface area contributed by atoms with E-state index in [1.807, 2.05) is 32.2 Å². The van der Waals surface area contributed by atoms with Crippen LogP contribution in [0.4, 0.5) is 0 Å². The number of aryl methyl sites for hydroxylation is 1. The van der Waals surface area contributed by atoms with Gasteiger partial charge in [-0.2, -0.15) is 0 Å². The number of thiazole rings is 1. The van der Waals surface area contributed by atoms with E-state index in [9.17, 15) is 19.8 Å². The number of rotatable bonds is 4. The highest BCUT2D eigenvalue weighted by Crippen LogP contribution is 2.48. The normalized spacial score (nSPS) is 35.9. The predicted octanol–water partition coefficient (Wildman–Crippen LogP) is 4.78. The van der Waals surface area contributed by atoms with Crippen LogP contribution in [-0.2, 0) is 14.3 Å². The van der Waals surface area contributed by atoms with Crippen molar-refractivity contribution in [2.24, 2.45) is 17.3 Å². The molecule has 0 bridgehead atoms. The quantitative estimate of drug-likeness (QED) is 0.281. The number of aromatic nitrogens is 1.